The number of carbonyl (C=O) groups is 3. The maximum absolute atomic E-state index is 12.4. The van der Waals surface area contributed by atoms with Crippen LogP contribution in [-0.2, 0) is 14.4 Å². The summed E-state index contributed by atoms with van der Waals surface area (Å²) in [6.07, 6.45) is 3.05. The first-order chi connectivity index (χ1) is 11.2. The quantitative estimate of drug-likeness (QED) is 0.473. The number of rotatable bonds is 15. The van der Waals surface area contributed by atoms with Crippen molar-refractivity contribution in [2.75, 3.05) is 47.0 Å². The zero-order valence-electron chi connectivity index (χ0n) is 15.5. The molecule has 1 amide bonds. The van der Waals surface area contributed by atoms with Crippen molar-refractivity contribution in [1.29, 1.82) is 0 Å². The highest BCUT2D eigenvalue weighted by molar-refractivity contribution is 8.00. The Labute approximate surface area is 150 Å². The second kappa shape index (κ2) is 13.4. The molecule has 0 aromatic rings. The van der Waals surface area contributed by atoms with Crippen LogP contribution in [0.3, 0.4) is 0 Å². The number of carbonyl (C=O) groups excluding carboxylic acids is 3. The van der Waals surface area contributed by atoms with Gasteiger partial charge in [0.05, 0.1) is 5.25 Å². The van der Waals surface area contributed by atoms with E-state index in [1.807, 2.05) is 38.0 Å². The molecule has 0 rings (SSSR count). The van der Waals surface area contributed by atoms with Crippen LogP contribution < -0.4 is 5.73 Å². The van der Waals surface area contributed by atoms with Crippen molar-refractivity contribution in [1.82, 2.24) is 9.80 Å². The van der Waals surface area contributed by atoms with E-state index in [2.05, 4.69) is 0 Å². The molecule has 7 heteroatoms. The molecule has 0 spiro atoms. The lowest BCUT2D eigenvalue weighted by atomic mass is 10.0. The van der Waals surface area contributed by atoms with Crippen molar-refractivity contribution < 1.29 is 14.4 Å². The van der Waals surface area contributed by atoms with Gasteiger partial charge >= 0.3 is 0 Å². The van der Waals surface area contributed by atoms with E-state index in [1.54, 1.807) is 0 Å². The van der Waals surface area contributed by atoms with Crippen LogP contribution in [0.5, 0.6) is 0 Å². The smallest absolute Gasteiger partial charge is 0.218 e. The van der Waals surface area contributed by atoms with E-state index >= 15 is 0 Å². The number of nitrogens with zero attached hydrogens (tertiary/aromatic N) is 2. The molecule has 2 N–H and O–H groups in total. The molecule has 0 saturated heterocycles. The average molecular weight is 360 g/mol. The molecule has 0 aliphatic rings. The van der Waals surface area contributed by atoms with Gasteiger partial charge in [0, 0.05) is 31.4 Å². The minimum absolute atomic E-state index is 0.104. The molecule has 0 aliphatic heterocycles. The van der Waals surface area contributed by atoms with Crippen molar-refractivity contribution in [3.8, 4) is 0 Å². The number of hydrogen-bond acceptors (Lipinski definition) is 6. The van der Waals surface area contributed by atoms with Crippen LogP contribution in [0.2, 0.25) is 0 Å². The topological polar surface area (TPSA) is 83.7 Å². The van der Waals surface area contributed by atoms with Gasteiger partial charge in [0.15, 0.2) is 0 Å². The Morgan fingerprint density at radius 1 is 0.917 bits per heavy atom. The number of primary amides is 1. The first-order valence-electron chi connectivity index (χ1n) is 8.46. The monoisotopic (exact) mass is 359 g/mol. The number of nitrogens with two attached hydrogens (primary N) is 1. The summed E-state index contributed by atoms with van der Waals surface area (Å²) in [6.45, 7) is 1.71. The molecule has 1 unspecified atom stereocenters. The maximum Gasteiger partial charge on any atom is 0.218 e. The van der Waals surface area contributed by atoms with Crippen LogP contribution in [0.15, 0.2) is 0 Å². The lowest BCUT2D eigenvalue weighted by Gasteiger charge is -2.16. The SMILES string of the molecule is CN(C)CCCC(=O)CC(SCCC(N)=O)C(=O)CCCN(C)C. The Hall–Kier alpha value is -0.920. The van der Waals surface area contributed by atoms with Crippen molar-refractivity contribution in [3.05, 3.63) is 0 Å². The van der Waals surface area contributed by atoms with Gasteiger partial charge in [-0.2, -0.15) is 0 Å². The zero-order valence-corrected chi connectivity index (χ0v) is 16.4. The summed E-state index contributed by atoms with van der Waals surface area (Å²) in [7, 11) is 7.89. The fraction of sp³-hybridized carbons (Fsp3) is 0.824. The zero-order chi connectivity index (χ0) is 18.5. The average Bonchev–Trinajstić information content (AvgIpc) is 2.44. The third-order valence-corrected chi connectivity index (χ3v) is 4.80. The summed E-state index contributed by atoms with van der Waals surface area (Å²) in [5.41, 5.74) is 5.15. The summed E-state index contributed by atoms with van der Waals surface area (Å²) < 4.78 is 0. The van der Waals surface area contributed by atoms with Crippen molar-refractivity contribution in [2.45, 2.75) is 43.8 Å². The number of amides is 1. The molecule has 6 nitrogen and oxygen atoms in total. The molecule has 0 aliphatic carbocycles. The first-order valence-corrected chi connectivity index (χ1v) is 9.51. The molecule has 0 aromatic carbocycles. The van der Waals surface area contributed by atoms with Gasteiger partial charge in [-0.3, -0.25) is 14.4 Å². The van der Waals surface area contributed by atoms with E-state index in [0.717, 1.165) is 25.9 Å². The first kappa shape index (κ1) is 23.1. The van der Waals surface area contributed by atoms with Crippen molar-refractivity contribution in [2.24, 2.45) is 5.73 Å². The normalized spacial score (nSPS) is 12.6. The molecule has 0 bridgehead atoms. The van der Waals surface area contributed by atoms with Gasteiger partial charge in [-0.1, -0.05) is 0 Å². The van der Waals surface area contributed by atoms with E-state index in [4.69, 9.17) is 5.73 Å². The minimum atomic E-state index is -0.376. The standard InChI is InChI=1S/C17H33N3O3S/c1-19(2)10-5-7-14(21)13-16(24-12-9-17(18)23)15(22)8-6-11-20(3)4/h16H,5-13H2,1-4H3,(H2,18,23). The Kier molecular flexibility index (Phi) is 12.9. The lowest BCUT2D eigenvalue weighted by Crippen LogP contribution is -2.24. The lowest BCUT2D eigenvalue weighted by molar-refractivity contribution is -0.123. The Balaban J connectivity index is 4.41. The molecular formula is C17H33N3O3S. The van der Waals surface area contributed by atoms with Crippen LogP contribution in [0.1, 0.15) is 38.5 Å². The molecule has 0 radical (unpaired) electrons. The van der Waals surface area contributed by atoms with Crippen LogP contribution in [0.25, 0.3) is 0 Å². The summed E-state index contributed by atoms with van der Waals surface area (Å²) in [5.74, 6) is 0.338. The van der Waals surface area contributed by atoms with Gasteiger partial charge in [0.25, 0.3) is 0 Å². The van der Waals surface area contributed by atoms with Crippen LogP contribution in [-0.4, -0.2) is 79.6 Å². The predicted molar refractivity (Wildman–Crippen MR) is 100 cm³/mol. The van der Waals surface area contributed by atoms with Crippen LogP contribution >= 0.6 is 11.8 Å². The van der Waals surface area contributed by atoms with Crippen molar-refractivity contribution >= 4 is 29.2 Å². The van der Waals surface area contributed by atoms with Gasteiger partial charge in [0.2, 0.25) is 5.91 Å². The number of ketones is 2. The van der Waals surface area contributed by atoms with Crippen molar-refractivity contribution in [3.63, 3.8) is 0 Å². The molecular weight excluding hydrogens is 326 g/mol. The summed E-state index contributed by atoms with van der Waals surface area (Å²) in [6, 6.07) is 0. The minimum Gasteiger partial charge on any atom is -0.370 e. The molecule has 0 aromatic heterocycles. The van der Waals surface area contributed by atoms with Gasteiger partial charge in [-0.25, -0.2) is 0 Å². The third-order valence-electron chi connectivity index (χ3n) is 3.53. The second-order valence-corrected chi connectivity index (χ2v) is 7.91. The fourth-order valence-electron chi connectivity index (χ4n) is 2.20. The van der Waals surface area contributed by atoms with E-state index < -0.39 is 0 Å². The van der Waals surface area contributed by atoms with E-state index in [-0.39, 0.29) is 35.6 Å². The Morgan fingerprint density at radius 2 is 1.46 bits per heavy atom. The number of Topliss-reactive ketones (excluding diaryl/α,β-unsaturated/α-hetero) is 2. The summed E-state index contributed by atoms with van der Waals surface area (Å²) >= 11 is 1.39. The van der Waals surface area contributed by atoms with Gasteiger partial charge < -0.3 is 15.5 Å². The molecule has 0 heterocycles. The molecule has 1 atom stereocenters. The largest absolute Gasteiger partial charge is 0.370 e. The number of thioether (sulfide) groups is 1. The Morgan fingerprint density at radius 3 is 1.96 bits per heavy atom. The highest BCUT2D eigenvalue weighted by Crippen LogP contribution is 2.20. The highest BCUT2D eigenvalue weighted by atomic mass is 32.2. The second-order valence-electron chi connectivity index (χ2n) is 6.60. The van der Waals surface area contributed by atoms with Gasteiger partial charge in [-0.05, 0) is 54.1 Å². The molecule has 140 valence electrons. The van der Waals surface area contributed by atoms with E-state index in [0.29, 0.717) is 18.6 Å². The maximum atomic E-state index is 12.4. The predicted octanol–water partition coefficient (Wildman–Crippen LogP) is 1.18. The van der Waals surface area contributed by atoms with Gasteiger partial charge in [-0.15, -0.1) is 11.8 Å². The van der Waals surface area contributed by atoms with E-state index in [9.17, 15) is 14.4 Å². The number of hydrogen-bond donors (Lipinski definition) is 1. The van der Waals surface area contributed by atoms with Gasteiger partial charge in [0.1, 0.15) is 11.6 Å². The molecule has 0 saturated carbocycles. The third kappa shape index (κ3) is 13.5. The molecule has 0 fully saturated rings. The summed E-state index contributed by atoms with van der Waals surface area (Å²) in [5, 5.41) is -0.349. The van der Waals surface area contributed by atoms with Crippen LogP contribution in [0.4, 0.5) is 0 Å². The van der Waals surface area contributed by atoms with Crippen LogP contribution in [0, 0.1) is 0 Å². The van der Waals surface area contributed by atoms with E-state index in [1.165, 1.54) is 11.8 Å². The molecule has 24 heavy (non-hydrogen) atoms. The summed E-state index contributed by atoms with van der Waals surface area (Å²) in [4.78, 5) is 39.5. The fourth-order valence-corrected chi connectivity index (χ4v) is 3.41. The highest BCUT2D eigenvalue weighted by Gasteiger charge is 2.22. The Bertz CT molecular complexity index is 401.